The molecule has 7 nitrogen and oxygen atoms in total. The average Bonchev–Trinajstić information content (AvgIpc) is 2.71. The summed E-state index contributed by atoms with van der Waals surface area (Å²) in [5, 5.41) is 15.8. The van der Waals surface area contributed by atoms with E-state index in [0.717, 1.165) is 5.56 Å². The number of carbonyl (C=O) groups excluding carboxylic acids is 2. The van der Waals surface area contributed by atoms with E-state index in [4.69, 9.17) is 11.1 Å². The smallest absolute Gasteiger partial charge is 0.239 e. The Morgan fingerprint density at radius 3 is 2.38 bits per heavy atom. The van der Waals surface area contributed by atoms with Gasteiger partial charge in [0, 0.05) is 18.7 Å². The highest BCUT2D eigenvalue weighted by molar-refractivity contribution is 5.94. The van der Waals surface area contributed by atoms with Gasteiger partial charge in [-0.2, -0.15) is 0 Å². The second-order valence-electron chi connectivity index (χ2n) is 7.11. The lowest BCUT2D eigenvalue weighted by Gasteiger charge is -2.14. The fraction of sp³-hybridized carbons (Fsp3) is 0.318. The molecule has 2 rings (SSSR count). The van der Waals surface area contributed by atoms with Gasteiger partial charge in [-0.3, -0.25) is 15.0 Å². The molecule has 29 heavy (non-hydrogen) atoms. The SMILES string of the molecule is Cc1cccc(C(C)CNCC(=O)NCC(=O)NCc2ccc(C(=N)N)cc2)c1. The summed E-state index contributed by atoms with van der Waals surface area (Å²) in [5.74, 6) is -0.185. The molecule has 1 unspecified atom stereocenters. The van der Waals surface area contributed by atoms with Gasteiger partial charge in [0.05, 0.1) is 13.1 Å². The van der Waals surface area contributed by atoms with E-state index in [-0.39, 0.29) is 30.7 Å². The molecular formula is C22H29N5O2. The lowest BCUT2D eigenvalue weighted by molar-refractivity contribution is -0.125. The summed E-state index contributed by atoms with van der Waals surface area (Å²) in [7, 11) is 0. The normalized spacial score (nSPS) is 11.5. The van der Waals surface area contributed by atoms with Gasteiger partial charge in [0.15, 0.2) is 0 Å². The molecule has 0 bridgehead atoms. The number of hydrogen-bond acceptors (Lipinski definition) is 4. The molecule has 0 saturated carbocycles. The number of rotatable bonds is 10. The maximum absolute atomic E-state index is 11.9. The van der Waals surface area contributed by atoms with Crippen LogP contribution in [-0.4, -0.2) is 37.3 Å². The standard InChI is InChI=1S/C22H29N5O2/c1-15-4-3-5-19(10-15)16(2)11-25-13-20(28)27-14-21(29)26-12-17-6-8-18(9-7-17)22(23)24/h3-10,16,25H,11-14H2,1-2H3,(H3,23,24)(H,26,29)(H,27,28). The van der Waals surface area contributed by atoms with E-state index in [1.54, 1.807) is 24.3 Å². The Hall–Kier alpha value is -3.19. The maximum Gasteiger partial charge on any atom is 0.239 e. The largest absolute Gasteiger partial charge is 0.384 e. The molecule has 0 aliphatic rings. The summed E-state index contributed by atoms with van der Waals surface area (Å²) < 4.78 is 0. The van der Waals surface area contributed by atoms with Crippen LogP contribution in [0.25, 0.3) is 0 Å². The van der Waals surface area contributed by atoms with Crippen molar-refractivity contribution in [3.05, 3.63) is 70.8 Å². The number of benzene rings is 2. The van der Waals surface area contributed by atoms with Crippen LogP contribution in [0.3, 0.4) is 0 Å². The van der Waals surface area contributed by atoms with E-state index in [2.05, 4.69) is 48.0 Å². The van der Waals surface area contributed by atoms with Gasteiger partial charge in [0.1, 0.15) is 5.84 Å². The third kappa shape index (κ3) is 7.75. The minimum Gasteiger partial charge on any atom is -0.384 e. The van der Waals surface area contributed by atoms with Crippen LogP contribution in [0.4, 0.5) is 0 Å². The van der Waals surface area contributed by atoms with Crippen molar-refractivity contribution in [1.29, 1.82) is 5.41 Å². The molecule has 0 heterocycles. The number of aryl methyl sites for hydroxylation is 1. The Balaban J connectivity index is 1.63. The molecule has 0 fully saturated rings. The summed E-state index contributed by atoms with van der Waals surface area (Å²) in [5.41, 5.74) is 9.38. The van der Waals surface area contributed by atoms with Gasteiger partial charge < -0.3 is 21.7 Å². The van der Waals surface area contributed by atoms with Gasteiger partial charge in [0.2, 0.25) is 11.8 Å². The van der Waals surface area contributed by atoms with Crippen LogP contribution >= 0.6 is 0 Å². The quantitative estimate of drug-likeness (QED) is 0.308. The molecule has 2 amide bonds. The van der Waals surface area contributed by atoms with Gasteiger partial charge in [-0.05, 0) is 24.0 Å². The zero-order chi connectivity index (χ0) is 21.2. The fourth-order valence-electron chi connectivity index (χ4n) is 2.80. The molecule has 0 radical (unpaired) electrons. The fourth-order valence-corrected chi connectivity index (χ4v) is 2.80. The molecule has 0 aliphatic carbocycles. The summed E-state index contributed by atoms with van der Waals surface area (Å²) in [4.78, 5) is 23.8. The minimum atomic E-state index is -0.262. The molecule has 0 aliphatic heterocycles. The van der Waals surface area contributed by atoms with Crippen molar-refractivity contribution in [3.63, 3.8) is 0 Å². The van der Waals surface area contributed by atoms with Gasteiger partial charge in [0.25, 0.3) is 0 Å². The molecule has 0 aromatic heterocycles. The summed E-state index contributed by atoms with van der Waals surface area (Å²) in [6.45, 7) is 5.28. The zero-order valence-electron chi connectivity index (χ0n) is 16.9. The maximum atomic E-state index is 11.9. The number of hydrogen-bond donors (Lipinski definition) is 5. The third-order valence-corrected chi connectivity index (χ3v) is 4.55. The van der Waals surface area contributed by atoms with Gasteiger partial charge >= 0.3 is 0 Å². The highest BCUT2D eigenvalue weighted by Crippen LogP contribution is 2.15. The lowest BCUT2D eigenvalue weighted by Crippen LogP contribution is -2.41. The molecule has 2 aromatic rings. The Morgan fingerprint density at radius 2 is 1.72 bits per heavy atom. The molecule has 0 saturated heterocycles. The minimum absolute atomic E-state index is 0.00480. The molecule has 7 heteroatoms. The molecular weight excluding hydrogens is 366 g/mol. The van der Waals surface area contributed by atoms with Crippen LogP contribution in [0.5, 0.6) is 0 Å². The van der Waals surface area contributed by atoms with E-state index in [0.29, 0.717) is 24.6 Å². The third-order valence-electron chi connectivity index (χ3n) is 4.55. The van der Waals surface area contributed by atoms with Crippen LogP contribution in [-0.2, 0) is 16.1 Å². The predicted octanol–water partition coefficient (Wildman–Crippen LogP) is 1.40. The van der Waals surface area contributed by atoms with Crippen LogP contribution in [0, 0.1) is 12.3 Å². The van der Waals surface area contributed by atoms with E-state index >= 15 is 0 Å². The highest BCUT2D eigenvalue weighted by Gasteiger charge is 2.08. The molecule has 0 spiro atoms. The molecule has 2 aromatic carbocycles. The second-order valence-corrected chi connectivity index (χ2v) is 7.11. The van der Waals surface area contributed by atoms with Crippen molar-refractivity contribution in [2.24, 2.45) is 5.73 Å². The first-order chi connectivity index (χ1) is 13.8. The first kappa shape index (κ1) is 22.1. The Morgan fingerprint density at radius 1 is 1.03 bits per heavy atom. The topological polar surface area (TPSA) is 120 Å². The lowest BCUT2D eigenvalue weighted by atomic mass is 9.99. The number of nitrogen functional groups attached to an aromatic ring is 1. The van der Waals surface area contributed by atoms with Gasteiger partial charge in [-0.25, -0.2) is 0 Å². The van der Waals surface area contributed by atoms with Crippen LogP contribution in [0.2, 0.25) is 0 Å². The molecule has 1 atom stereocenters. The monoisotopic (exact) mass is 395 g/mol. The van der Waals surface area contributed by atoms with Crippen molar-refractivity contribution in [3.8, 4) is 0 Å². The summed E-state index contributed by atoms with van der Waals surface area (Å²) in [6.07, 6.45) is 0. The van der Waals surface area contributed by atoms with Gasteiger partial charge in [-0.15, -0.1) is 0 Å². The first-order valence-electron chi connectivity index (χ1n) is 9.59. The highest BCUT2D eigenvalue weighted by atomic mass is 16.2. The second kappa shape index (κ2) is 11.0. The number of carbonyl (C=O) groups is 2. The number of nitrogens with one attached hydrogen (secondary N) is 4. The van der Waals surface area contributed by atoms with Crippen LogP contribution in [0.1, 0.15) is 35.1 Å². The van der Waals surface area contributed by atoms with Crippen molar-refractivity contribution in [2.45, 2.75) is 26.3 Å². The van der Waals surface area contributed by atoms with E-state index in [1.165, 1.54) is 11.1 Å². The molecule has 154 valence electrons. The predicted molar refractivity (Wildman–Crippen MR) is 115 cm³/mol. The van der Waals surface area contributed by atoms with Crippen LogP contribution < -0.4 is 21.7 Å². The van der Waals surface area contributed by atoms with Crippen molar-refractivity contribution >= 4 is 17.6 Å². The molecule has 6 N–H and O–H groups in total. The van der Waals surface area contributed by atoms with E-state index < -0.39 is 0 Å². The summed E-state index contributed by atoms with van der Waals surface area (Å²) >= 11 is 0. The van der Waals surface area contributed by atoms with Crippen molar-refractivity contribution in [2.75, 3.05) is 19.6 Å². The van der Waals surface area contributed by atoms with Crippen molar-refractivity contribution < 1.29 is 9.59 Å². The number of amides is 2. The Bertz CT molecular complexity index is 849. The van der Waals surface area contributed by atoms with E-state index in [1.807, 2.05) is 6.07 Å². The van der Waals surface area contributed by atoms with Crippen LogP contribution in [0.15, 0.2) is 48.5 Å². The Kier molecular flexibility index (Phi) is 8.36. The number of amidine groups is 1. The zero-order valence-corrected chi connectivity index (χ0v) is 16.9. The van der Waals surface area contributed by atoms with Crippen molar-refractivity contribution in [1.82, 2.24) is 16.0 Å². The average molecular weight is 396 g/mol. The van der Waals surface area contributed by atoms with E-state index in [9.17, 15) is 9.59 Å². The van der Waals surface area contributed by atoms with Gasteiger partial charge in [-0.1, -0.05) is 61.0 Å². The Labute approximate surface area is 171 Å². The first-order valence-corrected chi connectivity index (χ1v) is 9.59. The summed E-state index contributed by atoms with van der Waals surface area (Å²) in [6, 6.07) is 15.4. The number of nitrogens with two attached hydrogens (primary N) is 1.